The summed E-state index contributed by atoms with van der Waals surface area (Å²) in [6, 6.07) is 15.5. The molecule has 5 nitrogen and oxygen atoms in total. The predicted octanol–water partition coefficient (Wildman–Crippen LogP) is 3.40. The first-order valence-corrected chi connectivity index (χ1v) is 5.68. The van der Waals surface area contributed by atoms with E-state index in [1.165, 1.54) is 12.1 Å². The molecule has 0 aliphatic rings. The quantitative estimate of drug-likeness (QED) is 0.478. The molecule has 0 N–H and O–H groups in total. The highest BCUT2D eigenvalue weighted by Gasteiger charge is 2.06. The van der Waals surface area contributed by atoms with Crippen molar-refractivity contribution in [3.63, 3.8) is 0 Å². The number of nitro benzene ring substituents is 1. The van der Waals surface area contributed by atoms with E-state index >= 15 is 0 Å². The Morgan fingerprint density at radius 3 is 2.58 bits per heavy atom. The number of oxime groups is 1. The largest absolute Gasteiger partial charge is 0.356 e. The van der Waals surface area contributed by atoms with Crippen LogP contribution in [0.1, 0.15) is 12.5 Å². The Morgan fingerprint density at radius 2 is 1.89 bits per heavy atom. The smallest absolute Gasteiger partial charge is 0.273 e. The summed E-state index contributed by atoms with van der Waals surface area (Å²) >= 11 is 0. The van der Waals surface area contributed by atoms with Gasteiger partial charge in [0, 0.05) is 6.07 Å². The van der Waals surface area contributed by atoms with E-state index in [9.17, 15) is 10.1 Å². The lowest BCUT2D eigenvalue weighted by atomic mass is 10.1. The fourth-order valence-electron chi connectivity index (χ4n) is 1.51. The van der Waals surface area contributed by atoms with Gasteiger partial charge in [-0.15, -0.1) is 0 Å². The number of hydrogen-bond acceptors (Lipinski definition) is 4. The second kappa shape index (κ2) is 5.77. The maximum Gasteiger partial charge on any atom is 0.273 e. The van der Waals surface area contributed by atoms with Crippen LogP contribution in [0.25, 0.3) is 0 Å². The van der Waals surface area contributed by atoms with Crippen LogP contribution in [0.2, 0.25) is 0 Å². The molecule has 19 heavy (non-hydrogen) atoms. The van der Waals surface area contributed by atoms with Crippen LogP contribution >= 0.6 is 0 Å². The Bertz CT molecular complexity index is 609. The average Bonchev–Trinajstić information content (AvgIpc) is 2.46. The van der Waals surface area contributed by atoms with Crippen molar-refractivity contribution in [3.05, 3.63) is 70.3 Å². The third-order valence-electron chi connectivity index (χ3n) is 2.51. The molecule has 0 atom stereocenters. The molecule has 0 saturated heterocycles. The summed E-state index contributed by atoms with van der Waals surface area (Å²) in [6.07, 6.45) is 0. The van der Waals surface area contributed by atoms with Crippen molar-refractivity contribution in [2.24, 2.45) is 5.16 Å². The molecule has 0 amide bonds. The fourth-order valence-corrected chi connectivity index (χ4v) is 1.51. The topological polar surface area (TPSA) is 64.7 Å². The van der Waals surface area contributed by atoms with E-state index in [1.54, 1.807) is 12.1 Å². The minimum absolute atomic E-state index is 0.0231. The maximum atomic E-state index is 10.6. The van der Waals surface area contributed by atoms with E-state index in [1.807, 2.05) is 37.3 Å². The van der Waals surface area contributed by atoms with Gasteiger partial charge in [0.1, 0.15) is 0 Å². The van der Waals surface area contributed by atoms with Crippen LogP contribution in [0.5, 0.6) is 5.75 Å². The van der Waals surface area contributed by atoms with Crippen molar-refractivity contribution in [1.82, 2.24) is 0 Å². The summed E-state index contributed by atoms with van der Waals surface area (Å²) in [7, 11) is 0. The van der Waals surface area contributed by atoms with Gasteiger partial charge in [0.25, 0.3) is 5.69 Å². The van der Waals surface area contributed by atoms with Crippen molar-refractivity contribution in [3.8, 4) is 5.75 Å². The molecule has 0 spiro atoms. The molecule has 0 unspecified atom stereocenters. The Morgan fingerprint density at radius 1 is 1.16 bits per heavy atom. The standard InChI is InChI=1S/C14H12N2O3/c1-11(12-6-3-2-4-7-12)15-19-14-9-5-8-13(10-14)16(17)18/h2-10H,1H3/b15-11-. The zero-order chi connectivity index (χ0) is 13.7. The van der Waals surface area contributed by atoms with Gasteiger partial charge in [-0.1, -0.05) is 41.6 Å². The number of hydrogen-bond donors (Lipinski definition) is 0. The lowest BCUT2D eigenvalue weighted by molar-refractivity contribution is -0.384. The molecule has 2 aromatic carbocycles. The molecule has 0 fully saturated rings. The lowest BCUT2D eigenvalue weighted by Gasteiger charge is -2.01. The number of nitrogens with zero attached hydrogens (tertiary/aromatic N) is 2. The molecule has 2 aromatic rings. The summed E-state index contributed by atoms with van der Waals surface area (Å²) in [5.74, 6) is 0.337. The fraction of sp³-hybridized carbons (Fsp3) is 0.0714. The first-order valence-electron chi connectivity index (χ1n) is 5.68. The van der Waals surface area contributed by atoms with Gasteiger partial charge in [0.15, 0.2) is 5.75 Å². The molecular weight excluding hydrogens is 244 g/mol. The molecule has 0 aromatic heterocycles. The first-order chi connectivity index (χ1) is 9.16. The molecule has 2 rings (SSSR count). The third-order valence-corrected chi connectivity index (χ3v) is 2.51. The van der Waals surface area contributed by atoms with E-state index in [0.717, 1.165) is 5.56 Å². The van der Waals surface area contributed by atoms with Crippen LogP contribution < -0.4 is 4.84 Å². The van der Waals surface area contributed by atoms with Gasteiger partial charge in [0.2, 0.25) is 0 Å². The van der Waals surface area contributed by atoms with Crippen molar-refractivity contribution in [2.45, 2.75) is 6.92 Å². The van der Waals surface area contributed by atoms with Crippen LogP contribution in [-0.2, 0) is 0 Å². The van der Waals surface area contributed by atoms with Crippen molar-refractivity contribution in [1.29, 1.82) is 0 Å². The van der Waals surface area contributed by atoms with Gasteiger partial charge in [-0.25, -0.2) is 0 Å². The van der Waals surface area contributed by atoms with E-state index < -0.39 is 4.92 Å². The van der Waals surface area contributed by atoms with Crippen LogP contribution in [0.3, 0.4) is 0 Å². The summed E-state index contributed by atoms with van der Waals surface area (Å²) in [5, 5.41) is 14.6. The molecule has 0 bridgehead atoms. The average molecular weight is 256 g/mol. The Balaban J connectivity index is 2.14. The van der Waals surface area contributed by atoms with Gasteiger partial charge >= 0.3 is 0 Å². The monoisotopic (exact) mass is 256 g/mol. The molecule has 0 heterocycles. The molecule has 0 aliphatic heterocycles. The van der Waals surface area contributed by atoms with E-state index in [-0.39, 0.29) is 5.69 Å². The van der Waals surface area contributed by atoms with Crippen LogP contribution in [0.15, 0.2) is 59.8 Å². The van der Waals surface area contributed by atoms with Crippen molar-refractivity contribution < 1.29 is 9.76 Å². The SMILES string of the molecule is C/C(=N/Oc1cccc([N+](=O)[O-])c1)c1ccccc1. The lowest BCUT2D eigenvalue weighted by Crippen LogP contribution is -1.97. The Kier molecular flexibility index (Phi) is 3.87. The van der Waals surface area contributed by atoms with Gasteiger partial charge in [-0.05, 0) is 18.6 Å². The van der Waals surface area contributed by atoms with Gasteiger partial charge in [-0.2, -0.15) is 0 Å². The third kappa shape index (κ3) is 3.38. The zero-order valence-electron chi connectivity index (χ0n) is 10.3. The first kappa shape index (κ1) is 12.8. The summed E-state index contributed by atoms with van der Waals surface area (Å²) in [6.45, 7) is 1.81. The highest BCUT2D eigenvalue weighted by molar-refractivity contribution is 5.98. The number of nitro groups is 1. The van der Waals surface area contributed by atoms with Crippen LogP contribution in [-0.4, -0.2) is 10.6 Å². The highest BCUT2D eigenvalue weighted by atomic mass is 16.6. The summed E-state index contributed by atoms with van der Waals surface area (Å²) < 4.78 is 0. The molecule has 96 valence electrons. The molecule has 5 heteroatoms. The summed E-state index contributed by atoms with van der Waals surface area (Å²) in [5.41, 5.74) is 1.62. The number of non-ortho nitro benzene ring substituents is 1. The Hall–Kier alpha value is -2.69. The van der Waals surface area contributed by atoms with E-state index in [2.05, 4.69) is 5.16 Å². The Labute approximate surface area is 110 Å². The predicted molar refractivity (Wildman–Crippen MR) is 72.4 cm³/mol. The van der Waals surface area contributed by atoms with E-state index in [0.29, 0.717) is 11.5 Å². The zero-order valence-corrected chi connectivity index (χ0v) is 10.3. The molecular formula is C14H12N2O3. The second-order valence-corrected chi connectivity index (χ2v) is 3.89. The summed E-state index contributed by atoms with van der Waals surface area (Å²) in [4.78, 5) is 15.4. The highest BCUT2D eigenvalue weighted by Crippen LogP contribution is 2.19. The molecule has 0 aliphatic carbocycles. The van der Waals surface area contributed by atoms with E-state index in [4.69, 9.17) is 4.84 Å². The van der Waals surface area contributed by atoms with Crippen LogP contribution in [0, 0.1) is 10.1 Å². The number of rotatable bonds is 4. The maximum absolute atomic E-state index is 10.6. The van der Waals surface area contributed by atoms with Crippen LogP contribution in [0.4, 0.5) is 5.69 Å². The normalized spacial score (nSPS) is 11.1. The number of benzene rings is 2. The second-order valence-electron chi connectivity index (χ2n) is 3.89. The van der Waals surface area contributed by atoms with Gasteiger partial charge < -0.3 is 4.84 Å². The van der Waals surface area contributed by atoms with Crippen molar-refractivity contribution in [2.75, 3.05) is 0 Å². The van der Waals surface area contributed by atoms with Gasteiger partial charge in [-0.3, -0.25) is 10.1 Å². The molecule has 0 saturated carbocycles. The minimum atomic E-state index is -0.472. The van der Waals surface area contributed by atoms with Crippen molar-refractivity contribution >= 4 is 11.4 Å². The minimum Gasteiger partial charge on any atom is -0.356 e. The molecule has 0 radical (unpaired) electrons. The van der Waals surface area contributed by atoms with Gasteiger partial charge in [0.05, 0.1) is 16.7 Å².